The maximum absolute atomic E-state index is 12.8. The molecular formula is C18H16N4O5. The van der Waals surface area contributed by atoms with Crippen LogP contribution in [0.15, 0.2) is 41.3 Å². The van der Waals surface area contributed by atoms with E-state index in [0.29, 0.717) is 43.0 Å². The molecule has 0 atom stereocenters. The van der Waals surface area contributed by atoms with Crippen molar-refractivity contribution < 1.29 is 19.5 Å². The number of fused-ring (bicyclic) bond motifs is 1. The SMILES string of the molecule is O=C(O)N1CCN(c2ccc3c(c2)C(=O)N(c2ccc(=O)[nH]c2)C3=O)CC1. The van der Waals surface area contributed by atoms with Crippen LogP contribution in [0.4, 0.5) is 16.2 Å². The molecule has 2 aromatic rings. The molecule has 2 N–H and O–H groups in total. The molecule has 4 rings (SSSR count). The van der Waals surface area contributed by atoms with E-state index in [-0.39, 0.29) is 5.56 Å². The number of amides is 3. The van der Waals surface area contributed by atoms with Crippen molar-refractivity contribution in [2.75, 3.05) is 36.0 Å². The average molecular weight is 368 g/mol. The highest BCUT2D eigenvalue weighted by Crippen LogP contribution is 2.31. The fourth-order valence-corrected chi connectivity index (χ4v) is 3.36. The number of anilines is 2. The Morgan fingerprint density at radius 3 is 2.19 bits per heavy atom. The Morgan fingerprint density at radius 1 is 0.889 bits per heavy atom. The summed E-state index contributed by atoms with van der Waals surface area (Å²) in [5, 5.41) is 9.04. The van der Waals surface area contributed by atoms with Gasteiger partial charge in [0, 0.05) is 44.1 Å². The van der Waals surface area contributed by atoms with Crippen molar-refractivity contribution in [1.29, 1.82) is 0 Å². The van der Waals surface area contributed by atoms with Crippen molar-refractivity contribution in [3.63, 3.8) is 0 Å². The van der Waals surface area contributed by atoms with E-state index in [9.17, 15) is 19.2 Å². The molecule has 1 aromatic heterocycles. The van der Waals surface area contributed by atoms with Gasteiger partial charge in [-0.05, 0) is 24.3 Å². The van der Waals surface area contributed by atoms with Gasteiger partial charge in [-0.1, -0.05) is 0 Å². The smallest absolute Gasteiger partial charge is 0.407 e. The molecule has 0 unspecified atom stereocenters. The van der Waals surface area contributed by atoms with E-state index in [0.717, 1.165) is 10.6 Å². The lowest BCUT2D eigenvalue weighted by Gasteiger charge is -2.34. The third kappa shape index (κ3) is 2.82. The molecule has 27 heavy (non-hydrogen) atoms. The number of nitrogens with one attached hydrogen (secondary N) is 1. The van der Waals surface area contributed by atoms with E-state index in [2.05, 4.69) is 4.98 Å². The Kier molecular flexibility index (Phi) is 3.91. The molecule has 3 amide bonds. The van der Waals surface area contributed by atoms with Crippen LogP contribution in [0.3, 0.4) is 0 Å². The minimum atomic E-state index is -0.944. The van der Waals surface area contributed by atoms with Gasteiger partial charge in [-0.15, -0.1) is 0 Å². The van der Waals surface area contributed by atoms with Crippen LogP contribution in [-0.2, 0) is 0 Å². The van der Waals surface area contributed by atoms with Gasteiger partial charge in [0.2, 0.25) is 5.56 Å². The summed E-state index contributed by atoms with van der Waals surface area (Å²) in [6.45, 7) is 1.78. The van der Waals surface area contributed by atoms with Gasteiger partial charge >= 0.3 is 6.09 Å². The van der Waals surface area contributed by atoms with Crippen LogP contribution in [0.25, 0.3) is 0 Å². The second-order valence-electron chi connectivity index (χ2n) is 6.34. The summed E-state index contributed by atoms with van der Waals surface area (Å²) in [6, 6.07) is 7.72. The molecule has 1 saturated heterocycles. The summed E-state index contributed by atoms with van der Waals surface area (Å²) in [4.78, 5) is 54.5. The molecule has 0 bridgehead atoms. The van der Waals surface area contributed by atoms with E-state index in [4.69, 9.17) is 5.11 Å². The number of rotatable bonds is 2. The lowest BCUT2D eigenvalue weighted by Crippen LogP contribution is -2.48. The van der Waals surface area contributed by atoms with Gasteiger partial charge in [-0.25, -0.2) is 9.69 Å². The summed E-state index contributed by atoms with van der Waals surface area (Å²) < 4.78 is 0. The molecule has 0 radical (unpaired) electrons. The molecule has 0 spiro atoms. The summed E-state index contributed by atoms with van der Waals surface area (Å²) in [7, 11) is 0. The Balaban J connectivity index is 1.60. The Morgan fingerprint density at radius 2 is 1.56 bits per heavy atom. The van der Waals surface area contributed by atoms with Gasteiger partial charge in [-0.3, -0.25) is 14.4 Å². The zero-order valence-electron chi connectivity index (χ0n) is 14.2. The van der Waals surface area contributed by atoms with Crippen molar-refractivity contribution in [2.24, 2.45) is 0 Å². The van der Waals surface area contributed by atoms with Crippen LogP contribution < -0.4 is 15.4 Å². The second-order valence-corrected chi connectivity index (χ2v) is 6.34. The molecule has 9 nitrogen and oxygen atoms in total. The predicted octanol–water partition coefficient (Wildman–Crippen LogP) is 0.976. The topological polar surface area (TPSA) is 114 Å². The minimum Gasteiger partial charge on any atom is -0.465 e. The van der Waals surface area contributed by atoms with Crippen molar-refractivity contribution >= 4 is 29.3 Å². The van der Waals surface area contributed by atoms with Crippen LogP contribution in [0.2, 0.25) is 0 Å². The van der Waals surface area contributed by atoms with E-state index < -0.39 is 17.9 Å². The fourth-order valence-electron chi connectivity index (χ4n) is 3.36. The standard InChI is InChI=1S/C18H16N4O5/c23-15-4-2-12(10-19-15)22-16(24)13-3-1-11(9-14(13)17(22)25)20-5-7-21(8-6-20)18(26)27/h1-4,9-10H,5-8H2,(H,19,23)(H,26,27). The number of carboxylic acid groups (broad SMARTS) is 1. The molecule has 3 heterocycles. The summed E-state index contributed by atoms with van der Waals surface area (Å²) in [5.74, 6) is -0.891. The van der Waals surface area contributed by atoms with Gasteiger partial charge in [0.15, 0.2) is 0 Å². The van der Waals surface area contributed by atoms with Crippen molar-refractivity contribution in [1.82, 2.24) is 9.88 Å². The number of nitrogens with zero attached hydrogens (tertiary/aromatic N) is 3. The Labute approximate surface area is 153 Å². The first-order chi connectivity index (χ1) is 13.0. The van der Waals surface area contributed by atoms with E-state index in [1.54, 1.807) is 18.2 Å². The van der Waals surface area contributed by atoms with Crippen molar-refractivity contribution in [3.05, 3.63) is 58.0 Å². The van der Waals surface area contributed by atoms with Crippen LogP contribution in [0, 0.1) is 0 Å². The minimum absolute atomic E-state index is 0.296. The molecular weight excluding hydrogens is 352 g/mol. The number of imide groups is 1. The summed E-state index contributed by atoms with van der Waals surface area (Å²) in [6.07, 6.45) is 0.386. The normalized spacial score (nSPS) is 16.7. The number of pyridine rings is 1. The lowest BCUT2D eigenvalue weighted by molar-refractivity contribution is 0.0925. The highest BCUT2D eigenvalue weighted by molar-refractivity contribution is 6.34. The van der Waals surface area contributed by atoms with Crippen molar-refractivity contribution in [2.45, 2.75) is 0 Å². The zero-order chi connectivity index (χ0) is 19.1. The average Bonchev–Trinajstić information content (AvgIpc) is 2.93. The van der Waals surface area contributed by atoms with Crippen LogP contribution >= 0.6 is 0 Å². The van der Waals surface area contributed by atoms with Gasteiger partial charge in [0.25, 0.3) is 11.8 Å². The first kappa shape index (κ1) is 16.8. The van der Waals surface area contributed by atoms with Crippen LogP contribution in [-0.4, -0.2) is 59.1 Å². The first-order valence-electron chi connectivity index (χ1n) is 8.40. The largest absolute Gasteiger partial charge is 0.465 e. The highest BCUT2D eigenvalue weighted by atomic mass is 16.4. The Hall–Kier alpha value is -3.62. The first-order valence-corrected chi connectivity index (χ1v) is 8.40. The van der Waals surface area contributed by atoms with Crippen molar-refractivity contribution in [3.8, 4) is 0 Å². The molecule has 2 aliphatic heterocycles. The Bertz CT molecular complexity index is 987. The number of carbonyl (C=O) groups is 3. The van der Waals surface area contributed by atoms with E-state index >= 15 is 0 Å². The molecule has 9 heteroatoms. The third-order valence-electron chi connectivity index (χ3n) is 4.81. The van der Waals surface area contributed by atoms with Gasteiger partial charge in [-0.2, -0.15) is 0 Å². The maximum Gasteiger partial charge on any atom is 0.407 e. The molecule has 138 valence electrons. The lowest BCUT2D eigenvalue weighted by atomic mass is 10.1. The summed E-state index contributed by atoms with van der Waals surface area (Å²) in [5.41, 5.74) is 1.35. The fraction of sp³-hybridized carbons (Fsp3) is 0.222. The van der Waals surface area contributed by atoms with Gasteiger partial charge in [0.05, 0.1) is 16.8 Å². The number of hydrogen-bond acceptors (Lipinski definition) is 5. The maximum atomic E-state index is 12.8. The number of piperazine rings is 1. The number of H-pyrrole nitrogens is 1. The molecule has 2 aliphatic rings. The third-order valence-corrected chi connectivity index (χ3v) is 4.81. The number of hydrogen-bond donors (Lipinski definition) is 2. The number of benzene rings is 1. The highest BCUT2D eigenvalue weighted by Gasteiger charge is 2.37. The monoisotopic (exact) mass is 368 g/mol. The molecule has 0 aliphatic carbocycles. The molecule has 0 saturated carbocycles. The second kappa shape index (κ2) is 6.27. The number of aromatic amines is 1. The van der Waals surface area contributed by atoms with Crippen LogP contribution in [0.5, 0.6) is 0 Å². The van der Waals surface area contributed by atoms with Gasteiger partial charge in [0.1, 0.15) is 0 Å². The number of carbonyl (C=O) groups excluding carboxylic acids is 2. The van der Waals surface area contributed by atoms with E-state index in [1.165, 1.54) is 23.2 Å². The van der Waals surface area contributed by atoms with E-state index in [1.807, 2.05) is 4.90 Å². The van der Waals surface area contributed by atoms with Crippen LogP contribution in [0.1, 0.15) is 20.7 Å². The number of aromatic nitrogens is 1. The van der Waals surface area contributed by atoms with Gasteiger partial charge < -0.3 is 19.9 Å². The quantitative estimate of drug-likeness (QED) is 0.764. The summed E-state index contributed by atoms with van der Waals surface area (Å²) >= 11 is 0. The molecule has 1 fully saturated rings. The molecule has 1 aromatic carbocycles. The zero-order valence-corrected chi connectivity index (χ0v) is 14.2. The predicted molar refractivity (Wildman–Crippen MR) is 96.5 cm³/mol.